The van der Waals surface area contributed by atoms with Crippen LogP contribution in [0.15, 0.2) is 106 Å². The SMILES string of the molecule is CCCCC(CC)c1nc2cc(C)c(C#N)c(=O)n2[nH]1.CCCCC(CC)c1nc2cc(CC)c(C#N)c(=O)n2[nH]1.CCCCC(CC)c1nc2cc(CCC)c(C#N)c(=O)n2[nH]1.CCCCc1cc2nc(C(CC)CCCC)[nH]n2c(=O)c1C#N.Cc1cc2nc(C(C)(C)C)[nH]n2c(=O)c1C#N.Cc1cc2nc(CC(C)(C)C)[nH]n2c(=O)c1C#N.Cc1cc2nc(Cc3ccccc3)[nH]n2c(=O)c1C#N. The fraction of sp³-hybridized carbons (Fsp3) is 0.481. The number of aromatic nitrogens is 21. The third-order valence-electron chi connectivity index (χ3n) is 24.9. The maximum atomic E-state index is 12.6. The van der Waals surface area contributed by atoms with E-state index in [9.17, 15) is 49.3 Å². The van der Waals surface area contributed by atoms with E-state index in [4.69, 9.17) is 21.0 Å². The van der Waals surface area contributed by atoms with Crippen molar-refractivity contribution in [3.05, 3.63) is 269 Å². The number of H-pyrrole nitrogens is 7. The van der Waals surface area contributed by atoms with E-state index < -0.39 is 0 Å². The lowest BCUT2D eigenvalue weighted by Gasteiger charge is -2.15. The Morgan fingerprint density at radius 2 is 0.589 bits per heavy atom. The summed E-state index contributed by atoms with van der Waals surface area (Å²) < 4.78 is 9.62. The first-order chi connectivity index (χ1) is 67.4. The lowest BCUT2D eigenvalue weighted by molar-refractivity contribution is 0.400. The monoisotopic (exact) mass is 1910 g/mol. The lowest BCUT2D eigenvalue weighted by atomic mass is 9.92. The van der Waals surface area contributed by atoms with Gasteiger partial charge in [0.25, 0.3) is 38.9 Å². The summed E-state index contributed by atoms with van der Waals surface area (Å²) in [5, 5.41) is 85.0. The van der Waals surface area contributed by atoms with Crippen LogP contribution in [0.1, 0.15) is 388 Å². The summed E-state index contributed by atoms with van der Waals surface area (Å²) in [6, 6.07) is 36.4. The van der Waals surface area contributed by atoms with Gasteiger partial charge in [0, 0.05) is 41.9 Å². The molecule has 0 fully saturated rings. The van der Waals surface area contributed by atoms with E-state index in [2.05, 4.69) is 160 Å². The van der Waals surface area contributed by atoms with E-state index in [1.165, 1.54) is 31.6 Å². The first-order valence-electron chi connectivity index (χ1n) is 49.2. The van der Waals surface area contributed by atoms with Gasteiger partial charge in [-0.15, -0.1) is 0 Å². The maximum absolute atomic E-state index is 12.6. The summed E-state index contributed by atoms with van der Waals surface area (Å²) in [6.45, 7) is 42.6. The molecule has 740 valence electrons. The molecule has 0 aliphatic heterocycles. The molecule has 15 aromatic rings. The molecule has 0 radical (unpaired) electrons. The number of aromatic amines is 7. The van der Waals surface area contributed by atoms with Crippen LogP contribution in [-0.2, 0) is 37.5 Å². The van der Waals surface area contributed by atoms with Crippen molar-refractivity contribution in [3.8, 4) is 42.5 Å². The van der Waals surface area contributed by atoms with Crippen LogP contribution >= 0.6 is 0 Å². The Morgan fingerprint density at radius 1 is 0.312 bits per heavy atom. The smallest absolute Gasteiger partial charge is 0.276 e. The van der Waals surface area contributed by atoms with Gasteiger partial charge in [-0.1, -0.05) is 212 Å². The molecule has 35 heteroatoms. The number of nitrogens with zero attached hydrogens (tertiary/aromatic N) is 21. The number of hydrogen-bond donors (Lipinski definition) is 7. The van der Waals surface area contributed by atoms with Crippen molar-refractivity contribution in [1.29, 1.82) is 36.8 Å². The van der Waals surface area contributed by atoms with Gasteiger partial charge in [-0.2, -0.15) is 68.4 Å². The van der Waals surface area contributed by atoms with Crippen LogP contribution in [-0.4, -0.2) is 102 Å². The Morgan fingerprint density at radius 3 is 0.894 bits per heavy atom. The molecule has 14 aromatic heterocycles. The van der Waals surface area contributed by atoms with Crippen LogP contribution in [0, 0.1) is 112 Å². The van der Waals surface area contributed by atoms with Gasteiger partial charge < -0.3 is 0 Å². The van der Waals surface area contributed by atoms with E-state index in [0.29, 0.717) is 104 Å². The summed E-state index contributed by atoms with van der Waals surface area (Å²) in [7, 11) is 0. The molecule has 7 N–H and O–H groups in total. The zero-order valence-electron chi connectivity index (χ0n) is 85.5. The number of rotatable bonds is 29. The van der Waals surface area contributed by atoms with Gasteiger partial charge >= 0.3 is 0 Å². The van der Waals surface area contributed by atoms with Gasteiger partial charge in [-0.25, -0.2) is 34.9 Å². The standard InChI is InChI=1S/C18H26N4O.C17H24N4O.C16H22N4O.C15H12N4O.C15H20N4O.C13H16N4O.C12H14N4O/c1-4-7-9-13(6-3)17-20-16-11-14(10-8-5-2)15(12-19)18(23)22(16)21-17;1-4-7-9-12(6-3)16-19-15-10-13(8-5-2)14(11-18)17(22)21(15)20-16;1-4-7-8-11(5-2)15-18-14-9-12(6-3)13(10-17)16(21)20(14)19-15;1-10-7-14-17-13(8-11-5-3-2-4-6-11)18-19(14)15(20)12(10)9-16;1-4-6-7-11(5-2)14-17-13-8-10(3)12(9-16)15(20)19(13)18-14;1-8-5-11-15-10(6-13(2,3)4)16-17(11)12(18)9(8)7-14;1-7-5-9-14-11(12(2,3)4)15-16(9)10(17)8(7)6-13/h11,13H,4-10H2,1-3H3,(H,20,21);10,12H,4-9H2,1-3H3,(H,19,20);9,11H,4-8H2,1-3H3,(H,18,19);2-7H,8H2,1H3,(H,17,18);8,11H,4-7H2,1-3H3,(H,17,18);5H,6H2,1-4H3,(H,15,16);5H,1-4H3,(H,14,15). The average molecular weight is 1910 g/mol. The second kappa shape index (κ2) is 50.3. The van der Waals surface area contributed by atoms with E-state index in [0.717, 1.165) is 198 Å². The highest BCUT2D eigenvalue weighted by Gasteiger charge is 2.26. The number of hydrogen-bond acceptors (Lipinski definition) is 21. The summed E-state index contributed by atoms with van der Waals surface area (Å²) in [4.78, 5) is 117. The van der Waals surface area contributed by atoms with Crippen LogP contribution in [0.3, 0.4) is 0 Å². The Hall–Kier alpha value is -15.4. The number of fused-ring (bicyclic) bond motifs is 7. The minimum Gasteiger partial charge on any atom is -0.276 e. The molecule has 14 heterocycles. The summed E-state index contributed by atoms with van der Waals surface area (Å²) in [5.74, 6) is 6.91. The highest BCUT2D eigenvalue weighted by Crippen LogP contribution is 2.30. The highest BCUT2D eigenvalue weighted by atomic mass is 16.2. The molecular weight excluding hydrogens is 1780 g/mol. The minimum absolute atomic E-state index is 0.0879. The average Bonchev–Trinajstić information content (AvgIpc) is 1.63. The number of unbranched alkanes of at least 4 members (excludes halogenated alkanes) is 5. The van der Waals surface area contributed by atoms with Gasteiger partial charge in [-0.05, 0) is 197 Å². The molecule has 0 spiro atoms. The van der Waals surface area contributed by atoms with Gasteiger partial charge in [0.15, 0.2) is 39.5 Å². The molecule has 0 bridgehead atoms. The predicted molar refractivity (Wildman–Crippen MR) is 546 cm³/mol. The molecule has 35 nitrogen and oxygen atoms in total. The molecule has 4 unspecified atom stereocenters. The molecule has 0 aliphatic rings. The summed E-state index contributed by atoms with van der Waals surface area (Å²) in [5.41, 5.74) is 9.32. The zero-order chi connectivity index (χ0) is 103. The molecule has 141 heavy (non-hydrogen) atoms. The second-order valence-electron chi connectivity index (χ2n) is 37.9. The third-order valence-corrected chi connectivity index (χ3v) is 24.9. The molecule has 0 saturated heterocycles. The highest BCUT2D eigenvalue weighted by molar-refractivity contribution is 5.54. The van der Waals surface area contributed by atoms with Crippen molar-refractivity contribution in [2.45, 2.75) is 329 Å². The molecule has 15 rings (SSSR count). The zero-order valence-corrected chi connectivity index (χ0v) is 85.5. The third kappa shape index (κ3) is 26.3. The van der Waals surface area contributed by atoms with Crippen molar-refractivity contribution < 1.29 is 0 Å². The number of nitrogens with one attached hydrogen (secondary N) is 7. The van der Waals surface area contributed by atoms with Crippen molar-refractivity contribution >= 4 is 39.5 Å². The maximum Gasteiger partial charge on any atom is 0.289 e. The normalized spacial score (nSPS) is 12.0. The molecule has 1 aromatic carbocycles. The van der Waals surface area contributed by atoms with Gasteiger partial charge in [-0.3, -0.25) is 69.3 Å². The van der Waals surface area contributed by atoms with Crippen LogP contribution in [0.5, 0.6) is 0 Å². The van der Waals surface area contributed by atoms with Gasteiger partial charge in [0.05, 0.1) is 0 Å². The van der Waals surface area contributed by atoms with Crippen molar-refractivity contribution in [1.82, 2.24) is 102 Å². The van der Waals surface area contributed by atoms with E-state index in [1.807, 2.05) is 120 Å². The first-order valence-corrected chi connectivity index (χ1v) is 49.2. The Bertz CT molecular complexity index is 7690. The first kappa shape index (κ1) is 109. The number of aryl methyl sites for hydroxylation is 7. The van der Waals surface area contributed by atoms with Crippen LogP contribution in [0.4, 0.5) is 0 Å². The molecule has 0 amide bonds. The molecular formula is C106H134N28O7. The number of pyridine rings is 7. The molecule has 0 saturated carbocycles. The lowest BCUT2D eigenvalue weighted by Crippen LogP contribution is -2.19. The van der Waals surface area contributed by atoms with Crippen LogP contribution in [0.2, 0.25) is 0 Å². The van der Waals surface area contributed by atoms with Gasteiger partial charge in [0.1, 0.15) is 122 Å². The Balaban J connectivity index is 0.000000184. The Kier molecular flexibility index (Phi) is 38.9. The Labute approximate surface area is 820 Å². The van der Waals surface area contributed by atoms with Crippen molar-refractivity contribution in [3.63, 3.8) is 0 Å². The summed E-state index contributed by atoms with van der Waals surface area (Å²) in [6.07, 6.45) is 23.8. The minimum atomic E-state index is -0.352. The number of nitriles is 7. The van der Waals surface area contributed by atoms with Crippen LogP contribution in [0.25, 0.3) is 39.5 Å². The molecule has 4 atom stereocenters. The van der Waals surface area contributed by atoms with Crippen molar-refractivity contribution in [2.24, 2.45) is 5.41 Å². The second-order valence-corrected chi connectivity index (χ2v) is 37.9. The number of benzene rings is 1. The fourth-order valence-electron chi connectivity index (χ4n) is 16.7. The van der Waals surface area contributed by atoms with Gasteiger partial charge in [0.2, 0.25) is 0 Å². The van der Waals surface area contributed by atoms with Crippen LogP contribution < -0.4 is 38.9 Å². The topological polar surface area (TPSA) is 518 Å². The predicted octanol–water partition coefficient (Wildman–Crippen LogP) is 18.6. The van der Waals surface area contributed by atoms with Crippen molar-refractivity contribution in [2.75, 3.05) is 0 Å². The van der Waals surface area contributed by atoms with E-state index >= 15 is 0 Å². The fourth-order valence-corrected chi connectivity index (χ4v) is 16.7. The largest absolute Gasteiger partial charge is 0.289 e. The summed E-state index contributed by atoms with van der Waals surface area (Å²) >= 11 is 0. The van der Waals surface area contributed by atoms with E-state index in [1.54, 1.807) is 52.0 Å². The van der Waals surface area contributed by atoms with E-state index in [-0.39, 0.29) is 88.7 Å². The molecule has 0 aliphatic carbocycles. The quantitative estimate of drug-likeness (QED) is 0.0229.